The standard InChI is InChI=1S/C62H66O11/c1-63-61-59(69-42-51-33-19-7-20-34-51)58(68-41-50-31-17-6-18-32-50)56(54(71-61)45-65-38-47-25-11-3-12-26-47)73-62-60(70-43-52-35-21-8-22-36-52)57(67-40-49-29-15-5-16-30-49)55(72-62)53(66-39-48-27-13-4-14-28-48)44-64-37-46-23-9-2-10-24-46/h2-36,53-62H,37-45H2,1H3/t53-,54-,55+,56-,57+,58+,59-,60-,61+,62-/m1/s1. The molecule has 73 heavy (non-hydrogen) atoms. The third kappa shape index (κ3) is 15.3. The first kappa shape index (κ1) is 52.0. The Kier molecular flexibility index (Phi) is 19.9. The van der Waals surface area contributed by atoms with E-state index in [1.54, 1.807) is 7.11 Å². The number of benzene rings is 7. The van der Waals surface area contributed by atoms with Crippen LogP contribution >= 0.6 is 0 Å². The van der Waals surface area contributed by atoms with Crippen LogP contribution in [0.5, 0.6) is 0 Å². The van der Waals surface area contributed by atoms with E-state index in [9.17, 15) is 0 Å². The van der Waals surface area contributed by atoms with E-state index >= 15 is 0 Å². The molecule has 0 unspecified atom stereocenters. The summed E-state index contributed by atoms with van der Waals surface area (Å²) in [6.45, 7) is 2.39. The van der Waals surface area contributed by atoms with Crippen molar-refractivity contribution in [3.63, 3.8) is 0 Å². The molecule has 2 aliphatic rings. The van der Waals surface area contributed by atoms with Crippen LogP contribution in [-0.4, -0.2) is 81.7 Å². The molecule has 2 saturated heterocycles. The van der Waals surface area contributed by atoms with E-state index in [0.29, 0.717) is 19.8 Å². The first-order valence-corrected chi connectivity index (χ1v) is 25.2. The zero-order chi connectivity index (χ0) is 49.7. The average molecular weight is 987 g/mol. The van der Waals surface area contributed by atoms with Crippen LogP contribution in [0.25, 0.3) is 0 Å². The summed E-state index contributed by atoms with van der Waals surface area (Å²) < 4.78 is 75.5. The van der Waals surface area contributed by atoms with Gasteiger partial charge in [-0.25, -0.2) is 0 Å². The SMILES string of the molecule is CO[C@H]1O[C@H](COCc2ccccc2)[C@@H](O[C@H]2O[C@@H]([C@@H](COCc3ccccc3)OCc3ccccc3)[C@H](OCc3ccccc3)[C@H]2OCc2ccccc2)[C@H](OCc2ccccc2)[C@H]1OCc1ccccc1. The molecule has 380 valence electrons. The lowest BCUT2D eigenvalue weighted by Crippen LogP contribution is -2.62. The molecule has 2 fully saturated rings. The van der Waals surface area contributed by atoms with Gasteiger partial charge in [-0.2, -0.15) is 0 Å². The van der Waals surface area contributed by atoms with E-state index in [4.69, 9.17) is 52.1 Å². The molecule has 0 saturated carbocycles. The molecular weight excluding hydrogens is 921 g/mol. The predicted molar refractivity (Wildman–Crippen MR) is 276 cm³/mol. The van der Waals surface area contributed by atoms with E-state index in [1.807, 2.05) is 212 Å². The highest BCUT2D eigenvalue weighted by Gasteiger charge is 2.55. The molecule has 0 aliphatic carbocycles. The lowest BCUT2D eigenvalue weighted by Gasteiger charge is -2.46. The van der Waals surface area contributed by atoms with Gasteiger partial charge in [-0.05, 0) is 38.9 Å². The number of methoxy groups -OCH3 is 1. The summed E-state index contributed by atoms with van der Waals surface area (Å²) in [4.78, 5) is 0. The van der Waals surface area contributed by atoms with Gasteiger partial charge >= 0.3 is 0 Å². The maximum atomic E-state index is 7.46. The fraction of sp³-hybridized carbons (Fsp3) is 0.323. The van der Waals surface area contributed by atoms with Crippen LogP contribution in [0.1, 0.15) is 38.9 Å². The van der Waals surface area contributed by atoms with Gasteiger partial charge in [0.25, 0.3) is 0 Å². The van der Waals surface area contributed by atoms with E-state index in [2.05, 4.69) is 0 Å². The van der Waals surface area contributed by atoms with Crippen molar-refractivity contribution in [1.82, 2.24) is 0 Å². The molecular formula is C62H66O11. The first-order chi connectivity index (χ1) is 36.2. The largest absolute Gasteiger partial charge is 0.374 e. The Labute approximate surface area is 429 Å². The third-order valence-electron chi connectivity index (χ3n) is 12.9. The van der Waals surface area contributed by atoms with Crippen LogP contribution in [-0.2, 0) is 98.4 Å². The minimum atomic E-state index is -1.05. The van der Waals surface area contributed by atoms with Crippen molar-refractivity contribution in [2.24, 2.45) is 0 Å². The molecule has 0 radical (unpaired) electrons. The van der Waals surface area contributed by atoms with Gasteiger partial charge in [0.15, 0.2) is 12.6 Å². The zero-order valence-corrected chi connectivity index (χ0v) is 41.3. The van der Waals surface area contributed by atoms with Gasteiger partial charge in [0, 0.05) is 7.11 Å². The molecule has 2 heterocycles. The van der Waals surface area contributed by atoms with Gasteiger partial charge in [0.2, 0.25) is 0 Å². The molecule has 2 aliphatic heterocycles. The predicted octanol–water partition coefficient (Wildman–Crippen LogP) is 10.8. The molecule has 11 nitrogen and oxygen atoms in total. The van der Waals surface area contributed by atoms with Crippen molar-refractivity contribution >= 4 is 0 Å². The summed E-state index contributed by atoms with van der Waals surface area (Å²) in [5.74, 6) is 0. The molecule has 0 aromatic heterocycles. The summed E-state index contributed by atoms with van der Waals surface area (Å²) in [5, 5.41) is 0. The highest BCUT2D eigenvalue weighted by Crippen LogP contribution is 2.38. The molecule has 9 rings (SSSR count). The van der Waals surface area contributed by atoms with Crippen LogP contribution in [0.3, 0.4) is 0 Å². The minimum absolute atomic E-state index is 0.131. The van der Waals surface area contributed by atoms with Crippen LogP contribution in [0.2, 0.25) is 0 Å². The van der Waals surface area contributed by atoms with Gasteiger partial charge < -0.3 is 52.1 Å². The molecule has 0 bridgehead atoms. The van der Waals surface area contributed by atoms with Crippen LogP contribution in [0, 0.1) is 0 Å². The third-order valence-corrected chi connectivity index (χ3v) is 12.9. The zero-order valence-electron chi connectivity index (χ0n) is 41.3. The number of hydrogen-bond acceptors (Lipinski definition) is 11. The van der Waals surface area contributed by atoms with Crippen LogP contribution in [0.15, 0.2) is 212 Å². The van der Waals surface area contributed by atoms with E-state index in [1.165, 1.54) is 0 Å². The normalized spacial score (nSPS) is 23.3. The van der Waals surface area contributed by atoms with Crippen molar-refractivity contribution in [2.45, 2.75) is 108 Å². The highest BCUT2D eigenvalue weighted by atomic mass is 16.8. The van der Waals surface area contributed by atoms with Crippen molar-refractivity contribution in [1.29, 1.82) is 0 Å². The van der Waals surface area contributed by atoms with Gasteiger partial charge in [-0.1, -0.05) is 212 Å². The fourth-order valence-corrected chi connectivity index (χ4v) is 9.13. The van der Waals surface area contributed by atoms with Crippen molar-refractivity contribution in [3.05, 3.63) is 251 Å². The van der Waals surface area contributed by atoms with Crippen molar-refractivity contribution < 1.29 is 52.1 Å². The Morgan fingerprint density at radius 2 is 0.712 bits per heavy atom. The summed E-state index contributed by atoms with van der Waals surface area (Å²) in [6.07, 6.45) is -7.91. The van der Waals surface area contributed by atoms with E-state index < -0.39 is 61.4 Å². The monoisotopic (exact) mass is 986 g/mol. The Hall–Kier alpha value is -5.90. The van der Waals surface area contributed by atoms with Gasteiger partial charge in [0.1, 0.15) is 48.8 Å². The molecule has 0 N–H and O–H groups in total. The smallest absolute Gasteiger partial charge is 0.187 e. The topological polar surface area (TPSA) is 102 Å². The number of hydrogen-bond donors (Lipinski definition) is 0. The Morgan fingerprint density at radius 1 is 0.356 bits per heavy atom. The Bertz CT molecular complexity index is 2560. The van der Waals surface area contributed by atoms with Crippen molar-refractivity contribution in [3.8, 4) is 0 Å². The van der Waals surface area contributed by atoms with E-state index in [0.717, 1.165) is 38.9 Å². The molecule has 11 heteroatoms. The quantitative estimate of drug-likeness (QED) is 0.0492. The van der Waals surface area contributed by atoms with Crippen LogP contribution in [0.4, 0.5) is 0 Å². The van der Waals surface area contributed by atoms with Gasteiger partial charge in [0.05, 0.1) is 59.5 Å². The van der Waals surface area contributed by atoms with Crippen LogP contribution < -0.4 is 0 Å². The number of ether oxygens (including phenoxy) is 11. The van der Waals surface area contributed by atoms with Gasteiger partial charge in [-0.3, -0.25) is 0 Å². The second-order valence-corrected chi connectivity index (χ2v) is 18.2. The molecule has 7 aromatic rings. The Balaban J connectivity index is 1.09. The summed E-state index contributed by atoms with van der Waals surface area (Å²) in [6, 6.07) is 70.4. The van der Waals surface area contributed by atoms with E-state index in [-0.39, 0.29) is 39.6 Å². The Morgan fingerprint density at radius 3 is 1.14 bits per heavy atom. The lowest BCUT2D eigenvalue weighted by molar-refractivity contribution is -0.344. The summed E-state index contributed by atoms with van der Waals surface area (Å²) in [7, 11) is 1.61. The highest BCUT2D eigenvalue weighted by molar-refractivity contribution is 5.19. The molecule has 0 amide bonds. The minimum Gasteiger partial charge on any atom is -0.374 e. The average Bonchev–Trinajstić information content (AvgIpc) is 3.79. The second kappa shape index (κ2) is 28.0. The second-order valence-electron chi connectivity index (χ2n) is 18.2. The van der Waals surface area contributed by atoms with Crippen molar-refractivity contribution in [2.75, 3.05) is 20.3 Å². The fourth-order valence-electron chi connectivity index (χ4n) is 9.13. The molecule has 7 aromatic carbocycles. The molecule has 10 atom stereocenters. The van der Waals surface area contributed by atoms with Gasteiger partial charge in [-0.15, -0.1) is 0 Å². The maximum Gasteiger partial charge on any atom is 0.187 e. The first-order valence-electron chi connectivity index (χ1n) is 25.2. The number of rotatable bonds is 27. The molecule has 0 spiro atoms. The summed E-state index contributed by atoms with van der Waals surface area (Å²) in [5.41, 5.74) is 6.99. The maximum absolute atomic E-state index is 7.46. The lowest BCUT2D eigenvalue weighted by atomic mass is 9.97. The summed E-state index contributed by atoms with van der Waals surface area (Å²) >= 11 is 0.